The van der Waals surface area contributed by atoms with Gasteiger partial charge in [-0.3, -0.25) is 4.79 Å². The minimum absolute atomic E-state index is 0. The lowest BCUT2D eigenvalue weighted by Crippen LogP contribution is -2.47. The predicted octanol–water partition coefficient (Wildman–Crippen LogP) is 1.60. The molecule has 0 bridgehead atoms. The SMILES string of the molecule is Cl.NCC1CCCN1C(=O)C1CCN(S(=O)(=O)c2ccccc2F)CC1. The zero-order valence-corrected chi connectivity index (χ0v) is 16.1. The Bertz CT molecular complexity index is 739. The average Bonchev–Trinajstić information content (AvgIpc) is 3.10. The van der Waals surface area contributed by atoms with E-state index in [4.69, 9.17) is 5.73 Å². The van der Waals surface area contributed by atoms with Crippen molar-refractivity contribution in [1.82, 2.24) is 9.21 Å². The molecule has 146 valence electrons. The number of hydrogen-bond donors (Lipinski definition) is 1. The average molecular weight is 406 g/mol. The number of nitrogens with zero attached hydrogens (tertiary/aromatic N) is 2. The van der Waals surface area contributed by atoms with E-state index in [9.17, 15) is 17.6 Å². The van der Waals surface area contributed by atoms with Gasteiger partial charge in [0.05, 0.1) is 0 Å². The van der Waals surface area contributed by atoms with Crippen molar-refractivity contribution in [3.05, 3.63) is 30.1 Å². The number of benzene rings is 1. The van der Waals surface area contributed by atoms with Crippen LogP contribution in [0.2, 0.25) is 0 Å². The van der Waals surface area contributed by atoms with E-state index >= 15 is 0 Å². The minimum Gasteiger partial charge on any atom is -0.338 e. The molecule has 0 aliphatic carbocycles. The highest BCUT2D eigenvalue weighted by Gasteiger charge is 2.37. The van der Waals surface area contributed by atoms with Crippen LogP contribution in [-0.4, -0.2) is 55.8 Å². The van der Waals surface area contributed by atoms with E-state index in [-0.39, 0.29) is 48.3 Å². The molecule has 2 saturated heterocycles. The van der Waals surface area contributed by atoms with Crippen molar-refractivity contribution >= 4 is 28.3 Å². The Labute approximate surface area is 160 Å². The molecule has 26 heavy (non-hydrogen) atoms. The van der Waals surface area contributed by atoms with Crippen molar-refractivity contribution in [2.75, 3.05) is 26.2 Å². The predicted molar refractivity (Wildman–Crippen MR) is 98.9 cm³/mol. The van der Waals surface area contributed by atoms with E-state index in [0.717, 1.165) is 25.5 Å². The van der Waals surface area contributed by atoms with E-state index < -0.39 is 15.8 Å². The van der Waals surface area contributed by atoms with Gasteiger partial charge in [0, 0.05) is 38.1 Å². The van der Waals surface area contributed by atoms with Gasteiger partial charge in [-0.1, -0.05) is 12.1 Å². The molecule has 2 heterocycles. The molecule has 0 spiro atoms. The van der Waals surface area contributed by atoms with Gasteiger partial charge in [-0.25, -0.2) is 12.8 Å². The molecule has 1 aromatic rings. The molecule has 0 saturated carbocycles. The van der Waals surface area contributed by atoms with Gasteiger partial charge in [0.25, 0.3) is 0 Å². The van der Waals surface area contributed by atoms with Crippen molar-refractivity contribution in [2.24, 2.45) is 11.7 Å². The lowest BCUT2D eigenvalue weighted by atomic mass is 9.96. The summed E-state index contributed by atoms with van der Waals surface area (Å²) in [6.07, 6.45) is 2.82. The molecule has 0 radical (unpaired) electrons. The second-order valence-electron chi connectivity index (χ2n) is 6.67. The third-order valence-electron chi connectivity index (χ3n) is 5.19. The molecule has 2 N–H and O–H groups in total. The maximum Gasteiger partial charge on any atom is 0.245 e. The van der Waals surface area contributed by atoms with Gasteiger partial charge in [0.15, 0.2) is 0 Å². The quantitative estimate of drug-likeness (QED) is 0.824. The number of likely N-dealkylation sites (tertiary alicyclic amines) is 1. The van der Waals surface area contributed by atoms with Gasteiger partial charge in [-0.15, -0.1) is 12.4 Å². The molecule has 1 amide bonds. The highest BCUT2D eigenvalue weighted by atomic mass is 35.5. The summed E-state index contributed by atoms with van der Waals surface area (Å²) in [7, 11) is -3.86. The molecule has 2 fully saturated rings. The zero-order valence-electron chi connectivity index (χ0n) is 14.5. The Balaban J connectivity index is 0.00000243. The van der Waals surface area contributed by atoms with Gasteiger partial charge in [-0.05, 0) is 37.8 Å². The molecule has 1 unspecified atom stereocenters. The second kappa shape index (κ2) is 8.65. The molecule has 1 atom stereocenters. The maximum absolute atomic E-state index is 13.9. The fraction of sp³-hybridized carbons (Fsp3) is 0.588. The number of sulfonamides is 1. The molecular formula is C17H25ClFN3O3S. The number of hydrogen-bond acceptors (Lipinski definition) is 4. The van der Waals surface area contributed by atoms with Crippen molar-refractivity contribution in [3.8, 4) is 0 Å². The molecule has 3 rings (SSSR count). The molecule has 6 nitrogen and oxygen atoms in total. The van der Waals surface area contributed by atoms with Crippen LogP contribution in [0.1, 0.15) is 25.7 Å². The number of carbonyl (C=O) groups excluding carboxylic acids is 1. The fourth-order valence-electron chi connectivity index (χ4n) is 3.74. The van der Waals surface area contributed by atoms with E-state index in [1.807, 2.05) is 4.90 Å². The monoisotopic (exact) mass is 405 g/mol. The van der Waals surface area contributed by atoms with Crippen molar-refractivity contribution in [1.29, 1.82) is 0 Å². The molecule has 2 aliphatic heterocycles. The Hall–Kier alpha value is -1.22. The van der Waals surface area contributed by atoms with Crippen LogP contribution in [0.4, 0.5) is 4.39 Å². The van der Waals surface area contributed by atoms with Crippen LogP contribution >= 0.6 is 12.4 Å². The van der Waals surface area contributed by atoms with Gasteiger partial charge in [0.1, 0.15) is 10.7 Å². The Morgan fingerprint density at radius 1 is 1.15 bits per heavy atom. The van der Waals surface area contributed by atoms with Crippen LogP contribution in [0.5, 0.6) is 0 Å². The van der Waals surface area contributed by atoms with Gasteiger partial charge in [-0.2, -0.15) is 4.31 Å². The lowest BCUT2D eigenvalue weighted by molar-refractivity contribution is -0.137. The summed E-state index contributed by atoms with van der Waals surface area (Å²) in [5.74, 6) is -0.848. The standard InChI is InChI=1S/C17H24FN3O3S.ClH/c18-15-5-1-2-6-16(15)25(23,24)20-10-7-13(8-11-20)17(22)21-9-3-4-14(21)12-19;/h1-2,5-6,13-14H,3-4,7-12,19H2;1H. The normalized spacial score (nSPS) is 22.2. The van der Waals surface area contributed by atoms with E-state index in [0.29, 0.717) is 19.4 Å². The summed E-state index contributed by atoms with van der Waals surface area (Å²) >= 11 is 0. The Kier molecular flexibility index (Phi) is 7.01. The van der Waals surface area contributed by atoms with Gasteiger partial charge >= 0.3 is 0 Å². The summed E-state index contributed by atoms with van der Waals surface area (Å²) in [5.41, 5.74) is 5.73. The molecule has 1 aromatic carbocycles. The molecule has 2 aliphatic rings. The third kappa shape index (κ3) is 4.03. The summed E-state index contributed by atoms with van der Waals surface area (Å²) in [6, 6.07) is 5.49. The van der Waals surface area contributed by atoms with Crippen molar-refractivity contribution in [3.63, 3.8) is 0 Å². The Morgan fingerprint density at radius 2 is 1.81 bits per heavy atom. The van der Waals surface area contributed by atoms with Crippen molar-refractivity contribution < 1.29 is 17.6 Å². The number of carbonyl (C=O) groups is 1. The first-order chi connectivity index (χ1) is 11.9. The van der Waals surface area contributed by atoms with Crippen LogP contribution in [0.25, 0.3) is 0 Å². The molecular weight excluding hydrogens is 381 g/mol. The van der Waals surface area contributed by atoms with Crippen molar-refractivity contribution in [2.45, 2.75) is 36.6 Å². The first-order valence-electron chi connectivity index (χ1n) is 8.70. The third-order valence-corrected chi connectivity index (χ3v) is 7.12. The molecule has 9 heteroatoms. The number of piperidine rings is 1. The van der Waals surface area contributed by atoms with E-state index in [1.54, 1.807) is 0 Å². The smallest absolute Gasteiger partial charge is 0.245 e. The largest absolute Gasteiger partial charge is 0.338 e. The van der Waals surface area contributed by atoms with Gasteiger partial charge in [0.2, 0.25) is 15.9 Å². The second-order valence-corrected chi connectivity index (χ2v) is 8.58. The van der Waals surface area contributed by atoms with E-state index in [2.05, 4.69) is 0 Å². The van der Waals surface area contributed by atoms with Crippen LogP contribution in [0.15, 0.2) is 29.2 Å². The highest BCUT2D eigenvalue weighted by Crippen LogP contribution is 2.28. The summed E-state index contributed by atoms with van der Waals surface area (Å²) in [4.78, 5) is 14.2. The number of halogens is 2. The molecule has 0 aromatic heterocycles. The van der Waals surface area contributed by atoms with Gasteiger partial charge < -0.3 is 10.6 Å². The fourth-order valence-corrected chi connectivity index (χ4v) is 5.28. The lowest BCUT2D eigenvalue weighted by Gasteiger charge is -2.34. The number of rotatable bonds is 4. The van der Waals surface area contributed by atoms with Crippen LogP contribution in [0, 0.1) is 11.7 Å². The minimum atomic E-state index is -3.86. The summed E-state index contributed by atoms with van der Waals surface area (Å²) in [5, 5.41) is 0. The Morgan fingerprint density at radius 3 is 2.42 bits per heavy atom. The topological polar surface area (TPSA) is 83.7 Å². The number of amides is 1. The highest BCUT2D eigenvalue weighted by molar-refractivity contribution is 7.89. The maximum atomic E-state index is 13.9. The summed E-state index contributed by atoms with van der Waals surface area (Å²) < 4.78 is 40.4. The van der Waals surface area contributed by atoms with Crippen LogP contribution in [-0.2, 0) is 14.8 Å². The zero-order chi connectivity index (χ0) is 18.0. The number of nitrogens with two attached hydrogens (primary N) is 1. The first-order valence-corrected chi connectivity index (χ1v) is 10.1. The first kappa shape index (κ1) is 21.1. The summed E-state index contributed by atoms with van der Waals surface area (Å²) in [6.45, 7) is 1.66. The van der Waals surface area contributed by atoms with Crippen LogP contribution in [0.3, 0.4) is 0 Å². The van der Waals surface area contributed by atoms with Crippen LogP contribution < -0.4 is 5.73 Å². The van der Waals surface area contributed by atoms with E-state index in [1.165, 1.54) is 22.5 Å².